The van der Waals surface area contributed by atoms with Crippen LogP contribution in [-0.2, 0) is 17.7 Å². The lowest BCUT2D eigenvalue weighted by Crippen LogP contribution is -2.36. The quantitative estimate of drug-likeness (QED) is 0.141. The Hall–Kier alpha value is -3.99. The molecular formula is C35H40FN5O3Si. The van der Waals surface area contributed by atoms with E-state index >= 15 is 4.11 Å². The summed E-state index contributed by atoms with van der Waals surface area (Å²) in [6.45, 7) is 6.18. The average molecular weight is 626 g/mol. The molecule has 5 aromatic rings. The molecule has 234 valence electrons. The molecule has 10 heteroatoms. The zero-order valence-corrected chi connectivity index (χ0v) is 27.0. The van der Waals surface area contributed by atoms with Crippen LogP contribution in [0, 0.1) is 5.92 Å². The van der Waals surface area contributed by atoms with E-state index in [0.29, 0.717) is 24.0 Å². The van der Waals surface area contributed by atoms with Gasteiger partial charge in [-0.1, -0.05) is 72.8 Å². The Labute approximate surface area is 263 Å². The van der Waals surface area contributed by atoms with Crippen molar-refractivity contribution < 1.29 is 14.0 Å². The van der Waals surface area contributed by atoms with Crippen molar-refractivity contribution in [2.45, 2.75) is 69.5 Å². The van der Waals surface area contributed by atoms with E-state index in [9.17, 15) is 9.90 Å². The smallest absolute Gasteiger partial charge is 0.279 e. The highest BCUT2D eigenvalue weighted by Crippen LogP contribution is 2.47. The van der Waals surface area contributed by atoms with E-state index in [1.54, 1.807) is 24.0 Å². The molecular weight excluding hydrogens is 586 g/mol. The summed E-state index contributed by atoms with van der Waals surface area (Å²) in [5.74, 6) is -0.163. The van der Waals surface area contributed by atoms with Crippen LogP contribution in [0.3, 0.4) is 0 Å². The van der Waals surface area contributed by atoms with Crippen LogP contribution in [0.4, 0.5) is 4.11 Å². The van der Waals surface area contributed by atoms with Crippen LogP contribution in [0.5, 0.6) is 0 Å². The van der Waals surface area contributed by atoms with Gasteiger partial charge in [0.25, 0.3) is 5.56 Å². The van der Waals surface area contributed by atoms with Crippen LogP contribution >= 0.6 is 0 Å². The number of nitrogens with zero attached hydrogens (tertiary/aromatic N) is 5. The molecule has 0 aliphatic carbocycles. The van der Waals surface area contributed by atoms with Gasteiger partial charge in [0.15, 0.2) is 0 Å². The molecule has 1 unspecified atom stereocenters. The van der Waals surface area contributed by atoms with Crippen LogP contribution in [0.25, 0.3) is 16.5 Å². The summed E-state index contributed by atoms with van der Waals surface area (Å²) in [7, 11) is -3.03. The maximum absolute atomic E-state index is 15.7. The van der Waals surface area contributed by atoms with Gasteiger partial charge in [-0.25, -0.2) is 0 Å². The van der Waals surface area contributed by atoms with Crippen molar-refractivity contribution in [2.24, 2.45) is 5.92 Å². The standard InChI is InChI=1S/C35H40FN5O3Si/c1-24-32(17-16-25-10-9-14-28(20-25)41-35(43)29-15-8-7-13-27(29)21-37-41)44-33(34(24)45(2,3)36)18-19-40-22-31(38-39-40)30(23-42)26-11-5-4-6-12-26/h4-15,20-22,24,30,32-34,42H,16-19,23H2,1-3H3/t24-,30?,32+,33-,34+/m0/s1. The molecule has 0 amide bonds. The molecule has 45 heavy (non-hydrogen) atoms. The lowest BCUT2D eigenvalue weighted by atomic mass is 9.95. The van der Waals surface area contributed by atoms with Crippen molar-refractivity contribution in [2.75, 3.05) is 6.61 Å². The first-order chi connectivity index (χ1) is 21.7. The third-order valence-corrected chi connectivity index (χ3v) is 11.7. The highest BCUT2D eigenvalue weighted by atomic mass is 28.4. The largest absolute Gasteiger partial charge is 0.395 e. The Bertz CT molecular complexity index is 1800. The van der Waals surface area contributed by atoms with Crippen LogP contribution in [-0.4, -0.2) is 57.1 Å². The third kappa shape index (κ3) is 6.68. The van der Waals surface area contributed by atoms with Crippen LogP contribution in [0.1, 0.15) is 42.5 Å². The first-order valence-corrected chi connectivity index (χ1v) is 18.6. The molecule has 5 atom stereocenters. The minimum atomic E-state index is -3.03. The summed E-state index contributed by atoms with van der Waals surface area (Å²) in [5, 5.41) is 24.5. The van der Waals surface area contributed by atoms with E-state index in [4.69, 9.17) is 4.74 Å². The van der Waals surface area contributed by atoms with Gasteiger partial charge in [0.1, 0.15) is 0 Å². The average Bonchev–Trinajstić information content (AvgIpc) is 3.64. The van der Waals surface area contributed by atoms with E-state index in [0.717, 1.165) is 35.0 Å². The molecule has 0 saturated carbocycles. The first-order valence-electron chi connectivity index (χ1n) is 15.7. The van der Waals surface area contributed by atoms with Gasteiger partial charge < -0.3 is 14.0 Å². The first kappa shape index (κ1) is 31.0. The lowest BCUT2D eigenvalue weighted by molar-refractivity contribution is 0.0247. The second-order valence-electron chi connectivity index (χ2n) is 12.7. The fraction of sp³-hybridized carbons (Fsp3) is 0.371. The summed E-state index contributed by atoms with van der Waals surface area (Å²) in [6, 6.07) is 25.1. The molecule has 1 N–H and O–H groups in total. The second kappa shape index (κ2) is 13.2. The molecule has 0 spiro atoms. The molecule has 2 aromatic heterocycles. The van der Waals surface area contributed by atoms with Gasteiger partial charge >= 0.3 is 0 Å². The third-order valence-electron chi connectivity index (χ3n) is 9.20. The minimum Gasteiger partial charge on any atom is -0.395 e. The summed E-state index contributed by atoms with van der Waals surface area (Å²) < 4.78 is 25.6. The van der Waals surface area contributed by atoms with Gasteiger partial charge in [-0.15, -0.1) is 5.10 Å². The summed E-state index contributed by atoms with van der Waals surface area (Å²) >= 11 is 0. The number of fused-ring (bicyclic) bond motifs is 1. The van der Waals surface area contributed by atoms with Crippen molar-refractivity contribution in [3.8, 4) is 5.69 Å². The van der Waals surface area contributed by atoms with Crippen molar-refractivity contribution in [1.82, 2.24) is 24.8 Å². The normalized spacial score (nSPS) is 20.9. The molecule has 0 radical (unpaired) electrons. The van der Waals surface area contributed by atoms with Gasteiger partial charge in [0.05, 0.1) is 47.7 Å². The number of aliphatic hydroxyl groups is 1. The molecule has 6 rings (SSSR count). The van der Waals surface area contributed by atoms with Gasteiger partial charge in [-0.3, -0.25) is 9.48 Å². The number of rotatable bonds is 11. The number of aromatic nitrogens is 5. The topological polar surface area (TPSA) is 95.1 Å². The Morgan fingerprint density at radius 3 is 2.56 bits per heavy atom. The van der Waals surface area contributed by atoms with E-state index < -0.39 is 8.41 Å². The van der Waals surface area contributed by atoms with Crippen LogP contribution in [0.15, 0.2) is 96.1 Å². The zero-order chi connectivity index (χ0) is 31.6. The predicted octanol–water partition coefficient (Wildman–Crippen LogP) is 6.07. The fourth-order valence-electron chi connectivity index (χ4n) is 6.97. The Balaban J connectivity index is 1.12. The minimum absolute atomic E-state index is 0.0598. The fourth-order valence-corrected chi connectivity index (χ4v) is 9.57. The van der Waals surface area contributed by atoms with E-state index in [2.05, 4.69) is 28.4 Å². The van der Waals surface area contributed by atoms with E-state index in [1.807, 2.05) is 79.0 Å². The number of hydrogen-bond donors (Lipinski definition) is 1. The number of hydrogen-bond acceptors (Lipinski definition) is 6. The molecule has 1 aliphatic heterocycles. The van der Waals surface area contributed by atoms with Gasteiger partial charge in [0, 0.05) is 23.7 Å². The van der Waals surface area contributed by atoms with E-state index in [-0.39, 0.29) is 41.8 Å². The molecule has 3 aromatic carbocycles. The zero-order valence-electron chi connectivity index (χ0n) is 26.0. The molecule has 1 aliphatic rings. The summed E-state index contributed by atoms with van der Waals surface area (Å²) in [5.41, 5.74) is 3.21. The Morgan fingerprint density at radius 1 is 1.00 bits per heavy atom. The monoisotopic (exact) mass is 625 g/mol. The van der Waals surface area contributed by atoms with Gasteiger partial charge in [-0.2, -0.15) is 9.78 Å². The van der Waals surface area contributed by atoms with Crippen molar-refractivity contribution in [1.29, 1.82) is 0 Å². The molecule has 1 fully saturated rings. The van der Waals surface area contributed by atoms with Crippen molar-refractivity contribution >= 4 is 19.2 Å². The van der Waals surface area contributed by atoms with Crippen LogP contribution in [0.2, 0.25) is 18.6 Å². The Morgan fingerprint density at radius 2 is 1.78 bits per heavy atom. The lowest BCUT2D eigenvalue weighted by Gasteiger charge is -2.28. The summed E-state index contributed by atoms with van der Waals surface area (Å²) in [4.78, 5) is 13.1. The van der Waals surface area contributed by atoms with Crippen molar-refractivity contribution in [3.63, 3.8) is 0 Å². The second-order valence-corrected chi connectivity index (χ2v) is 16.5. The number of aliphatic hydroxyl groups excluding tert-OH is 1. The summed E-state index contributed by atoms with van der Waals surface area (Å²) in [6.07, 6.45) is 5.44. The molecule has 3 heterocycles. The number of ether oxygens (including phenoxy) is 1. The SMILES string of the molecule is C[C@@H]1[C@@H]([Si](C)(C)F)[C@H](CCn2cc(C(CO)c3ccccc3)nn2)O[C@@H]1CCc1cccc(-n2ncc3ccccc3c2=O)c1. The predicted molar refractivity (Wildman–Crippen MR) is 176 cm³/mol. The van der Waals surface area contributed by atoms with Crippen molar-refractivity contribution in [3.05, 3.63) is 118 Å². The van der Waals surface area contributed by atoms with Gasteiger partial charge in [-0.05, 0) is 67.6 Å². The number of benzene rings is 3. The molecule has 1 saturated heterocycles. The van der Waals surface area contributed by atoms with Gasteiger partial charge in [0.2, 0.25) is 8.41 Å². The highest BCUT2D eigenvalue weighted by molar-refractivity contribution is 6.72. The maximum Gasteiger partial charge on any atom is 0.279 e. The maximum atomic E-state index is 15.7. The molecule has 8 nitrogen and oxygen atoms in total. The molecule has 0 bridgehead atoms. The Kier molecular flexibility index (Phi) is 9.07. The highest BCUT2D eigenvalue weighted by Gasteiger charge is 2.50. The van der Waals surface area contributed by atoms with E-state index in [1.165, 1.54) is 4.68 Å². The van der Waals surface area contributed by atoms with Crippen LogP contribution < -0.4 is 5.56 Å². The number of halogens is 1. The number of aryl methyl sites for hydroxylation is 2.